The van der Waals surface area contributed by atoms with Gasteiger partial charge < -0.3 is 15.3 Å². The van der Waals surface area contributed by atoms with Crippen LogP contribution in [0, 0.1) is 40.4 Å². The van der Waals surface area contributed by atoms with Crippen molar-refractivity contribution in [1.82, 2.24) is 0 Å². The van der Waals surface area contributed by atoms with Crippen LogP contribution in [0.25, 0.3) is 0 Å². The maximum Gasteiger partial charge on any atom is 0.0601 e. The monoisotopic (exact) mass is 336 g/mol. The second kappa shape index (κ2) is 5.69. The van der Waals surface area contributed by atoms with Crippen LogP contribution < -0.4 is 0 Å². The van der Waals surface area contributed by atoms with E-state index in [4.69, 9.17) is 0 Å². The molecule has 0 heterocycles. The Kier molecular flexibility index (Phi) is 4.10. The van der Waals surface area contributed by atoms with Crippen LogP contribution in [0.1, 0.15) is 72.1 Å². The lowest BCUT2D eigenvalue weighted by Crippen LogP contribution is -2.54. The van der Waals surface area contributed by atoms with Crippen LogP contribution >= 0.6 is 0 Å². The molecule has 0 radical (unpaired) electrons. The molecule has 3 heteroatoms. The quantitative estimate of drug-likeness (QED) is 0.688. The Hall–Kier alpha value is -0.120. The van der Waals surface area contributed by atoms with Crippen molar-refractivity contribution >= 4 is 0 Å². The summed E-state index contributed by atoms with van der Waals surface area (Å²) in [6.45, 7) is 6.72. The summed E-state index contributed by atoms with van der Waals surface area (Å²) in [7, 11) is 0. The average molecular weight is 337 g/mol. The Morgan fingerprint density at radius 3 is 2.29 bits per heavy atom. The largest absolute Gasteiger partial charge is 0.393 e. The fourth-order valence-corrected chi connectivity index (χ4v) is 8.16. The van der Waals surface area contributed by atoms with E-state index < -0.39 is 6.10 Å². The summed E-state index contributed by atoms with van der Waals surface area (Å²) in [6, 6.07) is 0. The van der Waals surface area contributed by atoms with Crippen molar-refractivity contribution in [2.75, 3.05) is 0 Å². The zero-order chi connectivity index (χ0) is 17.3. The molecule has 0 saturated heterocycles. The van der Waals surface area contributed by atoms with Crippen molar-refractivity contribution in [3.05, 3.63) is 0 Å². The molecule has 10 atom stereocenters. The van der Waals surface area contributed by atoms with Crippen LogP contribution in [0.4, 0.5) is 0 Å². The molecule has 0 aromatic carbocycles. The van der Waals surface area contributed by atoms with Crippen LogP contribution in [0.3, 0.4) is 0 Å². The summed E-state index contributed by atoms with van der Waals surface area (Å²) < 4.78 is 0. The number of hydrogen-bond acceptors (Lipinski definition) is 3. The fraction of sp³-hybridized carbons (Fsp3) is 1.00. The van der Waals surface area contributed by atoms with Crippen molar-refractivity contribution < 1.29 is 15.3 Å². The van der Waals surface area contributed by atoms with E-state index in [1.165, 1.54) is 25.7 Å². The Bertz CT molecular complexity index is 491. The molecule has 4 aliphatic carbocycles. The van der Waals surface area contributed by atoms with Crippen molar-refractivity contribution in [1.29, 1.82) is 0 Å². The Morgan fingerprint density at radius 1 is 0.875 bits per heavy atom. The molecule has 24 heavy (non-hydrogen) atoms. The number of hydrogen-bond donors (Lipinski definition) is 3. The predicted molar refractivity (Wildman–Crippen MR) is 94.3 cm³/mol. The van der Waals surface area contributed by atoms with Crippen LogP contribution in [0.5, 0.6) is 0 Å². The summed E-state index contributed by atoms with van der Waals surface area (Å²) in [5.74, 6) is 2.75. The maximum absolute atomic E-state index is 10.7. The van der Waals surface area contributed by atoms with E-state index in [9.17, 15) is 15.3 Å². The first-order valence-corrected chi connectivity index (χ1v) is 10.3. The molecule has 4 rings (SSSR count). The summed E-state index contributed by atoms with van der Waals surface area (Å²) >= 11 is 0. The molecular weight excluding hydrogens is 300 g/mol. The molecule has 0 aromatic rings. The standard InChI is InChI=1S/C21H36O3/c1-12(22)19-18(24)11-17-15-5-4-13-10-14(23)6-8-20(13,2)16(15)7-9-21(17,19)3/h12-19,22-24H,4-11H2,1-3H3. The molecule has 0 aliphatic heterocycles. The van der Waals surface area contributed by atoms with Crippen molar-refractivity contribution in [2.24, 2.45) is 40.4 Å². The molecule has 138 valence electrons. The second-order valence-corrected chi connectivity index (χ2v) is 10.2. The van der Waals surface area contributed by atoms with Gasteiger partial charge in [0.25, 0.3) is 0 Å². The first kappa shape index (κ1) is 17.3. The van der Waals surface area contributed by atoms with Crippen LogP contribution in [-0.2, 0) is 0 Å². The van der Waals surface area contributed by atoms with Gasteiger partial charge in [0, 0.05) is 5.92 Å². The average Bonchev–Trinajstić information content (AvgIpc) is 2.78. The van der Waals surface area contributed by atoms with E-state index >= 15 is 0 Å². The predicted octanol–water partition coefficient (Wildman–Crippen LogP) is 3.36. The normalized spacial score (nSPS) is 58.5. The lowest BCUT2D eigenvalue weighted by atomic mass is 9.44. The minimum atomic E-state index is -0.414. The van der Waals surface area contributed by atoms with E-state index in [2.05, 4.69) is 13.8 Å². The number of aliphatic hydroxyl groups is 3. The van der Waals surface area contributed by atoms with Gasteiger partial charge in [0.15, 0.2) is 0 Å². The first-order valence-electron chi connectivity index (χ1n) is 10.3. The van der Waals surface area contributed by atoms with Crippen LogP contribution in [-0.4, -0.2) is 33.6 Å². The van der Waals surface area contributed by atoms with Gasteiger partial charge in [-0.1, -0.05) is 13.8 Å². The van der Waals surface area contributed by atoms with Gasteiger partial charge in [-0.25, -0.2) is 0 Å². The summed E-state index contributed by atoms with van der Waals surface area (Å²) in [6.07, 6.45) is 8.10. The zero-order valence-electron chi connectivity index (χ0n) is 15.6. The molecule has 4 aliphatic rings. The van der Waals surface area contributed by atoms with E-state index in [-0.39, 0.29) is 23.5 Å². The number of rotatable bonds is 1. The van der Waals surface area contributed by atoms with Gasteiger partial charge in [0.2, 0.25) is 0 Å². The molecule has 3 nitrogen and oxygen atoms in total. The molecular formula is C21H36O3. The van der Waals surface area contributed by atoms with Crippen molar-refractivity contribution in [3.8, 4) is 0 Å². The molecule has 3 N–H and O–H groups in total. The third kappa shape index (κ3) is 2.27. The molecule has 4 saturated carbocycles. The third-order valence-electron chi connectivity index (χ3n) is 9.27. The van der Waals surface area contributed by atoms with Gasteiger partial charge in [0.1, 0.15) is 0 Å². The molecule has 0 bridgehead atoms. The Morgan fingerprint density at radius 2 is 1.58 bits per heavy atom. The highest BCUT2D eigenvalue weighted by atomic mass is 16.3. The van der Waals surface area contributed by atoms with Gasteiger partial charge in [-0.15, -0.1) is 0 Å². The molecule has 0 spiro atoms. The van der Waals surface area contributed by atoms with Gasteiger partial charge in [-0.3, -0.25) is 0 Å². The maximum atomic E-state index is 10.7. The SMILES string of the molecule is CC(O)C1C(O)CC2C3CCC4CC(O)CCC4(C)C3CCC21C. The minimum absolute atomic E-state index is 0.0437. The molecule has 0 aromatic heterocycles. The summed E-state index contributed by atoms with van der Waals surface area (Å²) in [5.41, 5.74) is 0.490. The van der Waals surface area contributed by atoms with E-state index in [0.29, 0.717) is 23.2 Å². The van der Waals surface area contributed by atoms with Crippen molar-refractivity contribution in [3.63, 3.8) is 0 Å². The number of aliphatic hydroxyl groups excluding tert-OH is 3. The fourth-order valence-electron chi connectivity index (χ4n) is 8.16. The van der Waals surface area contributed by atoms with Gasteiger partial charge in [-0.2, -0.15) is 0 Å². The minimum Gasteiger partial charge on any atom is -0.393 e. The lowest BCUT2D eigenvalue weighted by Gasteiger charge is -2.61. The van der Waals surface area contributed by atoms with Gasteiger partial charge in [0.05, 0.1) is 18.3 Å². The van der Waals surface area contributed by atoms with E-state index in [1.807, 2.05) is 6.92 Å². The van der Waals surface area contributed by atoms with E-state index in [0.717, 1.165) is 31.6 Å². The Labute approximate surface area is 146 Å². The number of fused-ring (bicyclic) bond motifs is 5. The molecule has 0 amide bonds. The highest BCUT2D eigenvalue weighted by Crippen LogP contribution is 2.67. The highest BCUT2D eigenvalue weighted by Gasteiger charge is 2.62. The van der Waals surface area contributed by atoms with Crippen molar-refractivity contribution in [2.45, 2.75) is 90.4 Å². The molecule has 4 fully saturated rings. The van der Waals surface area contributed by atoms with Crippen LogP contribution in [0.15, 0.2) is 0 Å². The van der Waals surface area contributed by atoms with Crippen LogP contribution in [0.2, 0.25) is 0 Å². The van der Waals surface area contributed by atoms with E-state index in [1.54, 1.807) is 0 Å². The Balaban J connectivity index is 1.63. The van der Waals surface area contributed by atoms with Gasteiger partial charge in [-0.05, 0) is 92.8 Å². The summed E-state index contributed by atoms with van der Waals surface area (Å²) in [4.78, 5) is 0. The topological polar surface area (TPSA) is 60.7 Å². The second-order valence-electron chi connectivity index (χ2n) is 10.2. The zero-order valence-corrected chi connectivity index (χ0v) is 15.6. The summed E-state index contributed by atoms with van der Waals surface area (Å²) in [5, 5.41) is 31.1. The third-order valence-corrected chi connectivity index (χ3v) is 9.27. The highest BCUT2D eigenvalue weighted by molar-refractivity contribution is 5.11. The lowest BCUT2D eigenvalue weighted by molar-refractivity contribution is -0.133. The van der Waals surface area contributed by atoms with Gasteiger partial charge >= 0.3 is 0 Å². The first-order chi connectivity index (χ1) is 11.3. The smallest absolute Gasteiger partial charge is 0.0601 e. The molecule has 10 unspecified atom stereocenters.